The lowest BCUT2D eigenvalue weighted by atomic mass is 9.89. The van der Waals surface area contributed by atoms with E-state index in [0.717, 1.165) is 5.56 Å². The van der Waals surface area contributed by atoms with Crippen molar-refractivity contribution in [3.63, 3.8) is 0 Å². The second kappa shape index (κ2) is 3.90. The van der Waals surface area contributed by atoms with Crippen LogP contribution >= 0.6 is 0 Å². The van der Waals surface area contributed by atoms with Gasteiger partial charge in [-0.2, -0.15) is 0 Å². The Morgan fingerprint density at radius 2 is 2.15 bits per heavy atom. The van der Waals surface area contributed by atoms with Crippen molar-refractivity contribution in [2.45, 2.75) is 25.8 Å². The lowest BCUT2D eigenvalue weighted by molar-refractivity contribution is 0.247. The van der Waals surface area contributed by atoms with E-state index in [2.05, 4.69) is 6.07 Å². The van der Waals surface area contributed by atoms with Gasteiger partial charge in [0.25, 0.3) is 0 Å². The van der Waals surface area contributed by atoms with E-state index in [1.165, 1.54) is 5.56 Å². The molecule has 0 aliphatic rings. The zero-order valence-electron chi connectivity index (χ0n) is 8.25. The molecule has 0 aliphatic heterocycles. The topological polar surface area (TPSA) is 46.2 Å². The molecule has 0 aromatic heterocycles. The Morgan fingerprint density at radius 1 is 1.46 bits per heavy atom. The number of aryl methyl sites for hydroxylation is 1. The van der Waals surface area contributed by atoms with E-state index in [9.17, 15) is 0 Å². The van der Waals surface area contributed by atoms with E-state index >= 15 is 0 Å². The van der Waals surface area contributed by atoms with Crippen molar-refractivity contribution < 1.29 is 5.11 Å². The molecule has 0 heterocycles. The minimum Gasteiger partial charge on any atom is -0.396 e. The molecule has 13 heavy (non-hydrogen) atoms. The van der Waals surface area contributed by atoms with Gasteiger partial charge in [0.05, 0.1) is 0 Å². The molecule has 0 radical (unpaired) electrons. The van der Waals surface area contributed by atoms with Crippen LogP contribution in [0.5, 0.6) is 0 Å². The van der Waals surface area contributed by atoms with Crippen molar-refractivity contribution in [2.24, 2.45) is 5.73 Å². The largest absolute Gasteiger partial charge is 0.396 e. The molecular formula is C11H17NO. The van der Waals surface area contributed by atoms with E-state index in [0.29, 0.717) is 6.42 Å². The minimum atomic E-state index is -0.416. The zero-order chi connectivity index (χ0) is 9.90. The lowest BCUT2D eigenvalue weighted by Crippen LogP contribution is -2.34. The highest BCUT2D eigenvalue weighted by Crippen LogP contribution is 2.21. The highest BCUT2D eigenvalue weighted by Gasteiger charge is 2.19. The smallest absolute Gasteiger partial charge is 0.0451 e. The summed E-state index contributed by atoms with van der Waals surface area (Å²) in [7, 11) is 0. The van der Waals surface area contributed by atoms with Crippen LogP contribution in [0.3, 0.4) is 0 Å². The third-order valence-electron chi connectivity index (χ3n) is 2.31. The Morgan fingerprint density at radius 3 is 2.69 bits per heavy atom. The van der Waals surface area contributed by atoms with Crippen molar-refractivity contribution in [1.82, 2.24) is 0 Å². The van der Waals surface area contributed by atoms with E-state index in [1.54, 1.807) is 0 Å². The highest BCUT2D eigenvalue weighted by atomic mass is 16.3. The number of rotatable bonds is 3. The summed E-state index contributed by atoms with van der Waals surface area (Å²) in [5.74, 6) is 0. The molecule has 1 aromatic rings. The van der Waals surface area contributed by atoms with Crippen LogP contribution in [0, 0.1) is 6.92 Å². The van der Waals surface area contributed by atoms with Crippen LogP contribution < -0.4 is 5.73 Å². The van der Waals surface area contributed by atoms with Crippen molar-refractivity contribution >= 4 is 0 Å². The van der Waals surface area contributed by atoms with Gasteiger partial charge < -0.3 is 10.8 Å². The molecule has 1 aromatic carbocycles. The van der Waals surface area contributed by atoms with Gasteiger partial charge in [0.1, 0.15) is 0 Å². The molecule has 2 nitrogen and oxygen atoms in total. The molecule has 1 rings (SSSR count). The zero-order valence-corrected chi connectivity index (χ0v) is 8.25. The molecule has 0 saturated carbocycles. The molecule has 0 spiro atoms. The van der Waals surface area contributed by atoms with Crippen molar-refractivity contribution in [3.05, 3.63) is 35.4 Å². The number of benzene rings is 1. The fourth-order valence-corrected chi connectivity index (χ4v) is 1.38. The van der Waals surface area contributed by atoms with Crippen LogP contribution in [0.2, 0.25) is 0 Å². The average Bonchev–Trinajstić information content (AvgIpc) is 2.04. The summed E-state index contributed by atoms with van der Waals surface area (Å²) in [5.41, 5.74) is 7.93. The molecule has 3 N–H and O–H groups in total. The summed E-state index contributed by atoms with van der Waals surface area (Å²) >= 11 is 0. The summed E-state index contributed by atoms with van der Waals surface area (Å²) in [4.78, 5) is 0. The maximum absolute atomic E-state index is 8.85. The summed E-state index contributed by atoms with van der Waals surface area (Å²) < 4.78 is 0. The van der Waals surface area contributed by atoms with Gasteiger partial charge in [-0.05, 0) is 25.8 Å². The second-order valence-corrected chi connectivity index (χ2v) is 3.76. The normalized spacial score (nSPS) is 15.4. The molecule has 0 aliphatic carbocycles. The molecule has 0 fully saturated rings. The van der Waals surface area contributed by atoms with E-state index in [4.69, 9.17) is 10.8 Å². The first-order valence-corrected chi connectivity index (χ1v) is 4.53. The summed E-state index contributed by atoms with van der Waals surface area (Å²) in [6.07, 6.45) is 0.594. The molecule has 1 unspecified atom stereocenters. The van der Waals surface area contributed by atoms with Crippen LogP contribution in [-0.2, 0) is 5.54 Å². The maximum Gasteiger partial charge on any atom is 0.0451 e. The first-order chi connectivity index (χ1) is 6.06. The fraction of sp³-hybridized carbons (Fsp3) is 0.455. The number of hydrogen-bond donors (Lipinski definition) is 2. The van der Waals surface area contributed by atoms with Crippen LogP contribution in [0.1, 0.15) is 24.5 Å². The lowest BCUT2D eigenvalue weighted by Gasteiger charge is -2.24. The van der Waals surface area contributed by atoms with Gasteiger partial charge in [-0.3, -0.25) is 0 Å². The Kier molecular flexibility index (Phi) is 3.07. The van der Waals surface area contributed by atoms with Crippen LogP contribution in [0.15, 0.2) is 24.3 Å². The Hall–Kier alpha value is -0.860. The average molecular weight is 179 g/mol. The van der Waals surface area contributed by atoms with Crippen LogP contribution in [-0.4, -0.2) is 11.7 Å². The number of aliphatic hydroxyl groups is 1. The van der Waals surface area contributed by atoms with Gasteiger partial charge in [-0.1, -0.05) is 29.8 Å². The maximum atomic E-state index is 8.85. The van der Waals surface area contributed by atoms with Gasteiger partial charge in [0.15, 0.2) is 0 Å². The van der Waals surface area contributed by atoms with E-state index in [-0.39, 0.29) is 6.61 Å². The van der Waals surface area contributed by atoms with Gasteiger partial charge in [-0.15, -0.1) is 0 Å². The molecule has 0 amide bonds. The predicted octanol–water partition coefficient (Wildman–Crippen LogP) is 1.55. The quantitative estimate of drug-likeness (QED) is 0.739. The molecule has 0 bridgehead atoms. The summed E-state index contributed by atoms with van der Waals surface area (Å²) in [5, 5.41) is 8.85. The van der Waals surface area contributed by atoms with E-state index < -0.39 is 5.54 Å². The van der Waals surface area contributed by atoms with Gasteiger partial charge in [0, 0.05) is 12.1 Å². The van der Waals surface area contributed by atoms with Gasteiger partial charge in [0.2, 0.25) is 0 Å². The number of aliphatic hydroxyl groups excluding tert-OH is 1. The van der Waals surface area contributed by atoms with Crippen LogP contribution in [0.4, 0.5) is 0 Å². The molecular weight excluding hydrogens is 162 g/mol. The second-order valence-electron chi connectivity index (χ2n) is 3.76. The fourth-order valence-electron chi connectivity index (χ4n) is 1.38. The first kappa shape index (κ1) is 10.2. The SMILES string of the molecule is Cc1cccc(C(C)(N)CCO)c1. The first-order valence-electron chi connectivity index (χ1n) is 4.53. The number of nitrogens with two attached hydrogens (primary N) is 1. The molecule has 0 saturated heterocycles. The molecule has 72 valence electrons. The summed E-state index contributed by atoms with van der Waals surface area (Å²) in [6.45, 7) is 4.11. The highest BCUT2D eigenvalue weighted by molar-refractivity contribution is 5.27. The Bertz CT molecular complexity index is 281. The van der Waals surface area contributed by atoms with E-state index in [1.807, 2.05) is 32.0 Å². The number of hydrogen-bond acceptors (Lipinski definition) is 2. The van der Waals surface area contributed by atoms with Crippen LogP contribution in [0.25, 0.3) is 0 Å². The van der Waals surface area contributed by atoms with Crippen molar-refractivity contribution in [1.29, 1.82) is 0 Å². The Labute approximate surface area is 79.4 Å². The molecule has 2 heteroatoms. The monoisotopic (exact) mass is 179 g/mol. The summed E-state index contributed by atoms with van der Waals surface area (Å²) in [6, 6.07) is 8.10. The minimum absolute atomic E-state index is 0.126. The Balaban J connectivity index is 2.93. The van der Waals surface area contributed by atoms with Crippen molar-refractivity contribution in [3.8, 4) is 0 Å². The van der Waals surface area contributed by atoms with Crippen molar-refractivity contribution in [2.75, 3.05) is 6.61 Å². The molecule has 1 atom stereocenters. The third-order valence-corrected chi connectivity index (χ3v) is 2.31. The standard InChI is InChI=1S/C11H17NO/c1-9-4-3-5-10(8-9)11(2,12)6-7-13/h3-5,8,13H,6-7,12H2,1-2H3. The van der Waals surface area contributed by atoms with Gasteiger partial charge >= 0.3 is 0 Å². The third kappa shape index (κ3) is 2.54. The van der Waals surface area contributed by atoms with Gasteiger partial charge in [-0.25, -0.2) is 0 Å². The predicted molar refractivity (Wildman–Crippen MR) is 54.4 cm³/mol.